The number of hydrogen-bond acceptors (Lipinski definition) is 2. The van der Waals surface area contributed by atoms with Crippen LogP contribution in [-0.2, 0) is 6.54 Å². The van der Waals surface area contributed by atoms with Gasteiger partial charge < -0.3 is 15.2 Å². The molecule has 1 aromatic rings. The van der Waals surface area contributed by atoms with Crippen molar-refractivity contribution in [3.8, 4) is 0 Å². The number of amides is 2. The summed E-state index contributed by atoms with van der Waals surface area (Å²) in [6, 6.07) is -0.0546. The lowest BCUT2D eigenvalue weighted by atomic mass is 10.3. The van der Waals surface area contributed by atoms with Gasteiger partial charge in [0.25, 0.3) is 0 Å². The lowest BCUT2D eigenvalue weighted by Crippen LogP contribution is -2.36. The van der Waals surface area contributed by atoms with E-state index in [1.54, 1.807) is 6.20 Å². The molecule has 1 aromatic heterocycles. The number of hydrogen-bond donors (Lipinski definition) is 2. The molecule has 0 fully saturated rings. The van der Waals surface area contributed by atoms with Crippen LogP contribution in [-0.4, -0.2) is 28.7 Å². The Kier molecular flexibility index (Phi) is 6.86. The molecular formula is C12H22N4O. The number of imidazole rings is 1. The smallest absolute Gasteiger partial charge is 0.314 e. The van der Waals surface area contributed by atoms with Crippen molar-refractivity contribution >= 4 is 6.03 Å². The second-order valence-electron chi connectivity index (χ2n) is 4.04. The first-order valence-electron chi connectivity index (χ1n) is 6.30. The highest BCUT2D eigenvalue weighted by Gasteiger charge is 1.97. The van der Waals surface area contributed by atoms with E-state index in [1.807, 2.05) is 17.1 Å². The van der Waals surface area contributed by atoms with Gasteiger partial charge >= 0.3 is 6.03 Å². The largest absolute Gasteiger partial charge is 0.338 e. The summed E-state index contributed by atoms with van der Waals surface area (Å²) >= 11 is 0. The third kappa shape index (κ3) is 6.60. The molecule has 1 heterocycles. The van der Waals surface area contributed by atoms with Crippen molar-refractivity contribution in [2.45, 2.75) is 39.2 Å². The Balaban J connectivity index is 1.91. The van der Waals surface area contributed by atoms with Crippen LogP contribution in [0, 0.1) is 0 Å². The maximum absolute atomic E-state index is 11.3. The van der Waals surface area contributed by atoms with Gasteiger partial charge in [0.2, 0.25) is 0 Å². The van der Waals surface area contributed by atoms with Crippen molar-refractivity contribution < 1.29 is 4.79 Å². The van der Waals surface area contributed by atoms with Crippen LogP contribution in [0.2, 0.25) is 0 Å². The summed E-state index contributed by atoms with van der Waals surface area (Å²) in [5.41, 5.74) is 0. The highest BCUT2D eigenvalue weighted by atomic mass is 16.2. The van der Waals surface area contributed by atoms with Crippen LogP contribution >= 0.6 is 0 Å². The van der Waals surface area contributed by atoms with Crippen LogP contribution < -0.4 is 10.6 Å². The van der Waals surface area contributed by atoms with Crippen LogP contribution in [0.3, 0.4) is 0 Å². The van der Waals surface area contributed by atoms with Gasteiger partial charge in [-0.05, 0) is 19.3 Å². The zero-order valence-corrected chi connectivity index (χ0v) is 10.5. The first-order valence-corrected chi connectivity index (χ1v) is 6.30. The van der Waals surface area contributed by atoms with Gasteiger partial charge in [-0.25, -0.2) is 9.78 Å². The molecule has 0 saturated heterocycles. The Morgan fingerprint density at radius 3 is 2.65 bits per heavy atom. The lowest BCUT2D eigenvalue weighted by molar-refractivity contribution is 0.240. The molecule has 0 radical (unpaired) electrons. The van der Waals surface area contributed by atoms with Crippen LogP contribution in [0.25, 0.3) is 0 Å². The number of aryl methyl sites for hydroxylation is 1. The van der Waals surface area contributed by atoms with Crippen LogP contribution in [0.5, 0.6) is 0 Å². The number of nitrogens with zero attached hydrogens (tertiary/aromatic N) is 2. The zero-order chi connectivity index (χ0) is 12.3. The number of aromatic nitrogens is 2. The van der Waals surface area contributed by atoms with Gasteiger partial charge in [0.1, 0.15) is 0 Å². The second kappa shape index (κ2) is 8.61. The van der Waals surface area contributed by atoms with E-state index in [0.29, 0.717) is 0 Å². The van der Waals surface area contributed by atoms with E-state index in [9.17, 15) is 4.79 Å². The SMILES string of the molecule is CCCCNC(=O)NCCCCn1ccnc1. The standard InChI is InChI=1S/C12H22N4O/c1-2-3-6-14-12(17)15-7-4-5-9-16-10-8-13-11-16/h8,10-11H,2-7,9H2,1H3,(H2,14,15,17). The number of urea groups is 1. The molecule has 0 unspecified atom stereocenters. The van der Waals surface area contributed by atoms with Crippen LogP contribution in [0.4, 0.5) is 4.79 Å². The summed E-state index contributed by atoms with van der Waals surface area (Å²) in [6.07, 6.45) is 9.71. The Hall–Kier alpha value is -1.52. The summed E-state index contributed by atoms with van der Waals surface area (Å²) in [5.74, 6) is 0. The summed E-state index contributed by atoms with van der Waals surface area (Å²) < 4.78 is 2.04. The highest BCUT2D eigenvalue weighted by Crippen LogP contribution is 1.93. The molecule has 17 heavy (non-hydrogen) atoms. The average Bonchev–Trinajstić information content (AvgIpc) is 2.82. The molecule has 5 heteroatoms. The number of carbonyl (C=O) groups is 1. The van der Waals surface area contributed by atoms with Gasteiger partial charge in [0.05, 0.1) is 6.33 Å². The molecular weight excluding hydrogens is 216 g/mol. The van der Waals surface area contributed by atoms with Crippen molar-refractivity contribution in [3.63, 3.8) is 0 Å². The molecule has 2 N–H and O–H groups in total. The van der Waals surface area contributed by atoms with E-state index in [2.05, 4.69) is 22.5 Å². The van der Waals surface area contributed by atoms with Crippen molar-refractivity contribution in [1.29, 1.82) is 0 Å². The third-order valence-electron chi connectivity index (χ3n) is 2.50. The summed E-state index contributed by atoms with van der Waals surface area (Å²) in [7, 11) is 0. The number of nitrogens with one attached hydrogen (secondary N) is 2. The van der Waals surface area contributed by atoms with E-state index in [1.165, 1.54) is 0 Å². The molecule has 0 aliphatic carbocycles. The molecule has 2 amide bonds. The van der Waals surface area contributed by atoms with Gasteiger partial charge in [-0.2, -0.15) is 0 Å². The molecule has 96 valence electrons. The average molecular weight is 238 g/mol. The molecule has 0 spiro atoms. The minimum Gasteiger partial charge on any atom is -0.338 e. The molecule has 0 bridgehead atoms. The Labute approximate surface area is 103 Å². The van der Waals surface area contributed by atoms with Crippen molar-refractivity contribution in [1.82, 2.24) is 20.2 Å². The van der Waals surface area contributed by atoms with Gasteiger partial charge in [0.15, 0.2) is 0 Å². The van der Waals surface area contributed by atoms with E-state index in [4.69, 9.17) is 0 Å². The first kappa shape index (κ1) is 13.5. The van der Waals surface area contributed by atoms with E-state index >= 15 is 0 Å². The second-order valence-corrected chi connectivity index (χ2v) is 4.04. The molecule has 0 aliphatic heterocycles. The summed E-state index contributed by atoms with van der Waals surface area (Å²) in [5, 5.41) is 5.67. The van der Waals surface area contributed by atoms with E-state index in [0.717, 1.165) is 45.3 Å². The maximum atomic E-state index is 11.3. The minimum atomic E-state index is -0.0546. The predicted octanol–water partition coefficient (Wildman–Crippen LogP) is 1.76. The van der Waals surface area contributed by atoms with E-state index in [-0.39, 0.29) is 6.03 Å². The lowest BCUT2D eigenvalue weighted by Gasteiger charge is -2.07. The topological polar surface area (TPSA) is 59.0 Å². The van der Waals surface area contributed by atoms with Crippen molar-refractivity contribution in [2.24, 2.45) is 0 Å². The number of rotatable bonds is 8. The quantitative estimate of drug-likeness (QED) is 0.678. The number of carbonyl (C=O) groups excluding carboxylic acids is 1. The number of unbranched alkanes of at least 4 members (excludes halogenated alkanes) is 2. The zero-order valence-electron chi connectivity index (χ0n) is 10.5. The molecule has 5 nitrogen and oxygen atoms in total. The van der Waals surface area contributed by atoms with E-state index < -0.39 is 0 Å². The fourth-order valence-electron chi connectivity index (χ4n) is 1.48. The normalized spacial score (nSPS) is 10.2. The summed E-state index contributed by atoms with van der Waals surface area (Å²) in [6.45, 7) is 4.55. The monoisotopic (exact) mass is 238 g/mol. The molecule has 0 atom stereocenters. The molecule has 0 aromatic carbocycles. The maximum Gasteiger partial charge on any atom is 0.314 e. The van der Waals surface area contributed by atoms with Crippen LogP contribution in [0.1, 0.15) is 32.6 Å². The molecule has 0 saturated carbocycles. The fourth-order valence-corrected chi connectivity index (χ4v) is 1.48. The van der Waals surface area contributed by atoms with Crippen LogP contribution in [0.15, 0.2) is 18.7 Å². The summed E-state index contributed by atoms with van der Waals surface area (Å²) in [4.78, 5) is 15.2. The predicted molar refractivity (Wildman–Crippen MR) is 67.8 cm³/mol. The Bertz CT molecular complexity index is 297. The van der Waals surface area contributed by atoms with Gasteiger partial charge in [0, 0.05) is 32.0 Å². The fraction of sp³-hybridized carbons (Fsp3) is 0.667. The first-order chi connectivity index (χ1) is 8.33. The van der Waals surface area contributed by atoms with Gasteiger partial charge in [-0.1, -0.05) is 13.3 Å². The van der Waals surface area contributed by atoms with Gasteiger partial charge in [-0.15, -0.1) is 0 Å². The third-order valence-corrected chi connectivity index (χ3v) is 2.50. The molecule has 0 aliphatic rings. The van der Waals surface area contributed by atoms with Crippen molar-refractivity contribution in [3.05, 3.63) is 18.7 Å². The highest BCUT2D eigenvalue weighted by molar-refractivity contribution is 5.73. The Morgan fingerprint density at radius 2 is 2.00 bits per heavy atom. The Morgan fingerprint density at radius 1 is 1.24 bits per heavy atom. The molecule has 1 rings (SSSR count). The van der Waals surface area contributed by atoms with Crippen molar-refractivity contribution in [2.75, 3.05) is 13.1 Å². The minimum absolute atomic E-state index is 0.0546. The van der Waals surface area contributed by atoms with Gasteiger partial charge in [-0.3, -0.25) is 0 Å².